The van der Waals surface area contributed by atoms with Crippen molar-refractivity contribution in [1.82, 2.24) is 0 Å². The van der Waals surface area contributed by atoms with Gasteiger partial charge >= 0.3 is 12.4 Å². The zero-order valence-corrected chi connectivity index (χ0v) is 93.1. The number of benzene rings is 2. The zero-order valence-electron chi connectivity index (χ0n) is 86.9. The predicted octanol–water partition coefficient (Wildman–Crippen LogP) is 21.4. The van der Waals surface area contributed by atoms with E-state index in [1.54, 1.807) is 20.8 Å². The lowest BCUT2D eigenvalue weighted by molar-refractivity contribution is -0.479. The van der Waals surface area contributed by atoms with Gasteiger partial charge in [0, 0.05) is 186 Å². The lowest BCUT2D eigenvalue weighted by atomic mass is 9.86. The SMILES string of the molecule is CC(C)(C)c1c(C(C)(C)C)c1=O.CC(Cl)c1c(C(C)Cl)c1=O.CC(F)(c1c(C(C)(F)C(F)(F)F)c1=O)C(F)(F)F.CCCCC(N)C(O)c1c(C)c1=O.CCc1c(CC)c1=O.CCc1c(CC)c1=O.Cc1c(C(C)C)c1=O.Cc1c(C)c1=O.Cc1c(C)c1=O.Cc1cc(C)c(Cc2c(Cc3c(C)cc(C)cc3C)c2=O)c(C)c1.O=c1c(CBr)c1CBr.O=c1c(CC[N+](=O)[O-])c1CC[N+](=O)[O-].O=c1c(CCl)c1CCl. The van der Waals surface area contributed by atoms with Crippen LogP contribution >= 0.6 is 78.3 Å². The largest absolute Gasteiger partial charge is 0.426 e. The number of nitro groups is 2. The average Bonchev–Trinajstić information content (AvgIpc) is 1.53. The highest BCUT2D eigenvalue weighted by Gasteiger charge is 2.67. The van der Waals surface area contributed by atoms with Crippen LogP contribution in [0.4, 0.5) is 35.1 Å². The molecule has 0 fully saturated rings. The van der Waals surface area contributed by atoms with Crippen molar-refractivity contribution >= 4 is 78.3 Å². The van der Waals surface area contributed by atoms with Crippen molar-refractivity contribution in [2.24, 2.45) is 5.73 Å². The van der Waals surface area contributed by atoms with E-state index < -0.39 is 56.2 Å². The maximum absolute atomic E-state index is 13.3. The summed E-state index contributed by atoms with van der Waals surface area (Å²) in [5.41, 5.74) is 25.4. The molecular weight excluding hydrogens is 2080 g/mol. The number of nitrogens with two attached hydrogens (primary N) is 1. The molecule has 0 aromatic heterocycles. The van der Waals surface area contributed by atoms with Gasteiger partial charge in [0.2, 0.25) is 24.4 Å². The zero-order chi connectivity index (χ0) is 111. The molecule has 0 spiro atoms. The number of aliphatic hydroxyl groups excluding tert-OH is 1. The number of unbranched alkanes of at least 4 members (excludes halogenated alkanes) is 1. The van der Waals surface area contributed by atoms with Gasteiger partial charge < -0.3 is 10.8 Å². The van der Waals surface area contributed by atoms with Crippen molar-refractivity contribution in [3.63, 3.8) is 0 Å². The van der Waals surface area contributed by atoms with E-state index in [0.717, 1.165) is 147 Å². The molecule has 0 heterocycles. The summed E-state index contributed by atoms with van der Waals surface area (Å²) in [6.07, 6.45) is -3.59. The van der Waals surface area contributed by atoms with E-state index in [0.29, 0.717) is 94.6 Å². The number of aliphatic hydroxyl groups is 1. The molecule has 786 valence electrons. The van der Waals surface area contributed by atoms with Crippen LogP contribution in [-0.4, -0.2) is 46.4 Å². The predicted molar refractivity (Wildman–Crippen MR) is 566 cm³/mol. The summed E-state index contributed by atoms with van der Waals surface area (Å²) in [4.78, 5) is 159. The first-order valence-corrected chi connectivity index (χ1v) is 51.1. The lowest BCUT2D eigenvalue weighted by Crippen LogP contribution is -2.37. The molecule has 0 saturated heterocycles. The van der Waals surface area contributed by atoms with Gasteiger partial charge in [0.05, 0.1) is 39.7 Å². The van der Waals surface area contributed by atoms with Crippen LogP contribution in [-0.2, 0) is 96.0 Å². The fraction of sp³-hybridized carbons (Fsp3) is 0.528. The molecule has 15 aromatic rings. The molecule has 0 radical (unpaired) electrons. The number of hydrogen-bond donors (Lipinski definition) is 2. The average molecular weight is 2210 g/mol. The summed E-state index contributed by atoms with van der Waals surface area (Å²) >= 11 is 28.4. The van der Waals surface area contributed by atoms with Crippen molar-refractivity contribution < 1.29 is 50.1 Å². The standard InChI is InChI=1S/C23H26O.C11H18O.C10H17NO2.C9H6F8O.C7H8Cl2O.C7H8N2O5.3C7H10O.C5H4Br2O.C5H4Cl2O.2C5H6O/c1-13-7-15(3)19(16(4)8-13)11-21-22(23(21)24)12-20-17(5)9-14(2)10-18(20)6;1-10(2,3)7-8(9(7)12)11(4,5)6;1-3-4-5-7(11)10(13)8-6(2)9(8)12;1-6(10,8(12,13)14)3-4(5(3)18)7(2,11)9(15,16)17;1-3(8)5-6(4(2)9)7(5)10;10-7-5(1-3-8(11)12)6(7)2-4-9(13)14;1-4(2)6-5(3)7(6)8;2*1-3-5-6(4-2)7(5)8;2*6-1-3-4(2-7)5(3)8;2*1-3-4(2)5(3)6/h7-10H,11-12H2,1-6H3;1-6H3;7,10,13H,3-5,11H2,1-2H3;1-2H3;3-4H,1-2H3;1-4H2;4H,1-3H3;2*3-4H2,1-2H3;2*1-2H2;2*1-2H3. The van der Waals surface area contributed by atoms with Crippen molar-refractivity contribution in [2.75, 3.05) is 13.1 Å². The number of alkyl halides is 14. The topological polar surface area (TPSA) is 354 Å². The molecule has 0 amide bonds. The van der Waals surface area contributed by atoms with Crippen LogP contribution in [0.25, 0.3) is 0 Å². The Morgan fingerprint density at radius 2 is 0.615 bits per heavy atom. The van der Waals surface area contributed by atoms with E-state index >= 15 is 0 Å². The van der Waals surface area contributed by atoms with Crippen molar-refractivity contribution in [3.8, 4) is 0 Å². The first-order valence-electron chi connectivity index (χ1n) is 46.9. The van der Waals surface area contributed by atoms with E-state index in [-0.39, 0.29) is 111 Å². The second-order valence-electron chi connectivity index (χ2n) is 38.7. The van der Waals surface area contributed by atoms with E-state index in [2.05, 4.69) is 146 Å². The van der Waals surface area contributed by atoms with Crippen LogP contribution < -0.4 is 76.3 Å². The second-order valence-corrected chi connectivity index (χ2v) is 41.7. The van der Waals surface area contributed by atoms with Crippen molar-refractivity contribution in [3.05, 3.63) is 367 Å². The molecule has 35 heteroatoms. The highest BCUT2D eigenvalue weighted by atomic mass is 79.9. The summed E-state index contributed by atoms with van der Waals surface area (Å²) < 4.78 is 99.7. The van der Waals surface area contributed by atoms with E-state index in [1.165, 1.54) is 44.5 Å². The first-order chi connectivity index (χ1) is 65.6. The summed E-state index contributed by atoms with van der Waals surface area (Å²) in [5, 5.41) is 30.6. The van der Waals surface area contributed by atoms with Gasteiger partial charge in [0.25, 0.3) is 0 Å². The molecule has 0 aliphatic rings. The third kappa shape index (κ3) is 35.7. The second kappa shape index (κ2) is 52.6. The van der Waals surface area contributed by atoms with Crippen LogP contribution in [0.2, 0.25) is 0 Å². The Labute approximate surface area is 865 Å². The van der Waals surface area contributed by atoms with E-state index in [1.807, 2.05) is 76.2 Å². The minimum absolute atomic E-state index is 0.000511. The first kappa shape index (κ1) is 128. The summed E-state index contributed by atoms with van der Waals surface area (Å²) in [7, 11) is 0. The molecule has 6 unspecified atom stereocenters. The quantitative estimate of drug-likeness (QED) is 0.0199. The van der Waals surface area contributed by atoms with Gasteiger partial charge in [-0.2, -0.15) is 26.3 Å². The smallest absolute Gasteiger partial charge is 0.387 e. The van der Waals surface area contributed by atoms with Crippen LogP contribution in [0.1, 0.15) is 349 Å². The fourth-order valence-electron chi connectivity index (χ4n) is 15.3. The summed E-state index contributed by atoms with van der Waals surface area (Å²) in [6, 6.07) is 8.57. The fourth-order valence-corrected chi connectivity index (χ4v) is 17.5. The number of hydrogen-bond acceptors (Lipinski definition) is 19. The lowest BCUT2D eigenvalue weighted by Gasteiger charge is -2.23. The minimum Gasteiger partial charge on any atom is -0.387 e. The number of halogens is 14. The Hall–Kier alpha value is -8.95. The maximum atomic E-state index is 13.3. The molecule has 0 saturated carbocycles. The van der Waals surface area contributed by atoms with E-state index in [9.17, 15) is 123 Å². The molecule has 143 heavy (non-hydrogen) atoms. The Morgan fingerprint density at radius 3 is 0.783 bits per heavy atom. The van der Waals surface area contributed by atoms with Gasteiger partial charge in [-0.05, 0) is 193 Å². The van der Waals surface area contributed by atoms with Crippen LogP contribution in [0, 0.1) is 103 Å². The maximum Gasteiger partial charge on any atom is 0.426 e. The van der Waals surface area contributed by atoms with Gasteiger partial charge in [-0.1, -0.05) is 170 Å². The molecule has 3 N–H and O–H groups in total. The van der Waals surface area contributed by atoms with E-state index in [4.69, 9.17) is 52.1 Å². The van der Waals surface area contributed by atoms with Gasteiger partial charge in [-0.25, -0.2) is 8.78 Å². The Morgan fingerprint density at radius 1 is 0.364 bits per heavy atom. The molecule has 0 bridgehead atoms. The molecule has 21 nitrogen and oxygen atoms in total. The Bertz CT molecular complexity index is 6300. The molecule has 6 atom stereocenters. The van der Waals surface area contributed by atoms with Crippen molar-refractivity contribution in [1.29, 1.82) is 0 Å². The van der Waals surface area contributed by atoms with Gasteiger partial charge in [-0.3, -0.25) is 82.6 Å². The molecule has 0 aliphatic heterocycles. The molecule has 15 rings (SSSR count). The third-order valence-electron chi connectivity index (χ3n) is 25.2. The summed E-state index contributed by atoms with van der Waals surface area (Å²) in [5.74, 6) is 1.09. The minimum atomic E-state index is -5.60. The van der Waals surface area contributed by atoms with Crippen LogP contribution in [0.5, 0.6) is 0 Å². The Kier molecular flexibility index (Phi) is 47.1. The van der Waals surface area contributed by atoms with Crippen molar-refractivity contribution in [2.45, 2.75) is 357 Å². The number of aryl methyl sites for hydroxylation is 6. The summed E-state index contributed by atoms with van der Waals surface area (Å²) in [6.45, 7) is 53.4. The van der Waals surface area contributed by atoms with Gasteiger partial charge in [0.1, 0.15) is 0 Å². The Balaban J connectivity index is 0.000000407. The highest BCUT2D eigenvalue weighted by molar-refractivity contribution is 9.09. The molecular formula is C108H133Br2Cl4F8N3O18. The van der Waals surface area contributed by atoms with Crippen LogP contribution in [0.15, 0.2) is 86.6 Å². The number of nitrogens with zero attached hydrogens (tertiary/aromatic N) is 2. The third-order valence-corrected chi connectivity index (χ3v) is 27.3. The molecule has 0 aliphatic carbocycles. The monoisotopic (exact) mass is 2210 g/mol. The number of rotatable bonds is 28. The normalized spacial score (nSPS) is 13.4. The van der Waals surface area contributed by atoms with Gasteiger partial charge in [0.15, 0.2) is 70.6 Å². The highest BCUT2D eigenvalue weighted by Crippen LogP contribution is 2.52. The van der Waals surface area contributed by atoms with Crippen LogP contribution in [0.3, 0.4) is 0 Å². The molecule has 15 aromatic carbocycles. The van der Waals surface area contributed by atoms with Gasteiger partial charge in [-0.15, -0.1) is 46.4 Å².